The third-order valence-electron chi connectivity index (χ3n) is 4.34. The first kappa shape index (κ1) is 17.9. The van der Waals surface area contributed by atoms with Crippen molar-refractivity contribution < 1.29 is 17.6 Å². The minimum Gasteiger partial charge on any atom is -0.340 e. The molecule has 0 bridgehead atoms. The molecule has 1 amide bonds. The van der Waals surface area contributed by atoms with Crippen molar-refractivity contribution in [2.75, 3.05) is 26.2 Å². The first-order valence-corrected chi connectivity index (χ1v) is 9.38. The maximum Gasteiger partial charge on any atom is 0.243 e. The van der Waals surface area contributed by atoms with Gasteiger partial charge in [-0.25, -0.2) is 12.8 Å². The molecule has 0 saturated carbocycles. The SMILES string of the molecule is CCC(CC)C(=O)N1CCN(S(=O)(=O)c2ccc(F)cc2)CC1. The molecule has 1 aromatic carbocycles. The van der Waals surface area contributed by atoms with E-state index in [0.717, 1.165) is 25.0 Å². The van der Waals surface area contributed by atoms with Crippen molar-refractivity contribution in [3.05, 3.63) is 30.1 Å². The highest BCUT2D eigenvalue weighted by atomic mass is 32.2. The Kier molecular flexibility index (Phi) is 5.75. The van der Waals surface area contributed by atoms with Crippen LogP contribution in [0.5, 0.6) is 0 Å². The third kappa shape index (κ3) is 3.90. The highest BCUT2D eigenvalue weighted by Crippen LogP contribution is 2.20. The lowest BCUT2D eigenvalue weighted by Crippen LogP contribution is -2.51. The Bertz CT molecular complexity index is 634. The lowest BCUT2D eigenvalue weighted by atomic mass is 10.0. The van der Waals surface area contributed by atoms with Crippen LogP contribution in [0.1, 0.15) is 26.7 Å². The Labute approximate surface area is 137 Å². The molecule has 0 aromatic heterocycles. The Morgan fingerprint density at radius 3 is 2.09 bits per heavy atom. The molecular formula is C16H23FN2O3S. The van der Waals surface area contributed by atoms with Crippen LogP contribution in [-0.2, 0) is 14.8 Å². The van der Waals surface area contributed by atoms with Crippen molar-refractivity contribution in [1.82, 2.24) is 9.21 Å². The minimum atomic E-state index is -3.63. The standard InChI is InChI=1S/C16H23FN2O3S/c1-3-13(4-2)16(20)18-9-11-19(12-10-18)23(21,22)15-7-5-14(17)6-8-15/h5-8,13H,3-4,9-12H2,1-2H3. The van der Waals surface area contributed by atoms with E-state index in [1.54, 1.807) is 4.90 Å². The quantitative estimate of drug-likeness (QED) is 0.823. The third-order valence-corrected chi connectivity index (χ3v) is 6.25. The number of halogens is 1. The largest absolute Gasteiger partial charge is 0.340 e. The summed E-state index contributed by atoms with van der Waals surface area (Å²) in [5, 5.41) is 0. The van der Waals surface area contributed by atoms with Gasteiger partial charge >= 0.3 is 0 Å². The molecule has 0 N–H and O–H groups in total. The van der Waals surface area contributed by atoms with Crippen LogP contribution in [0.2, 0.25) is 0 Å². The van der Waals surface area contributed by atoms with Crippen molar-refractivity contribution in [2.24, 2.45) is 5.92 Å². The average Bonchev–Trinajstić information content (AvgIpc) is 2.56. The van der Waals surface area contributed by atoms with E-state index in [1.807, 2.05) is 13.8 Å². The van der Waals surface area contributed by atoms with Gasteiger partial charge < -0.3 is 4.90 Å². The number of benzene rings is 1. The summed E-state index contributed by atoms with van der Waals surface area (Å²) in [6.45, 7) is 5.31. The molecule has 5 nitrogen and oxygen atoms in total. The monoisotopic (exact) mass is 342 g/mol. The molecule has 1 aliphatic heterocycles. The highest BCUT2D eigenvalue weighted by Gasteiger charge is 2.31. The number of hydrogen-bond donors (Lipinski definition) is 0. The summed E-state index contributed by atoms with van der Waals surface area (Å²) < 4.78 is 39.3. The molecule has 1 aromatic rings. The number of carbonyl (C=O) groups excluding carboxylic acids is 1. The Balaban J connectivity index is 2.03. The fourth-order valence-corrected chi connectivity index (χ4v) is 4.22. The minimum absolute atomic E-state index is 0.00950. The van der Waals surface area contributed by atoms with Gasteiger partial charge in [0.15, 0.2) is 0 Å². The molecule has 1 aliphatic rings. The smallest absolute Gasteiger partial charge is 0.243 e. The molecule has 1 heterocycles. The van der Waals surface area contributed by atoms with Gasteiger partial charge in [-0.05, 0) is 37.1 Å². The summed E-state index contributed by atoms with van der Waals surface area (Å²) in [4.78, 5) is 14.2. The van der Waals surface area contributed by atoms with Gasteiger partial charge in [-0.2, -0.15) is 4.31 Å². The zero-order valence-corrected chi connectivity index (χ0v) is 14.4. The number of carbonyl (C=O) groups is 1. The Hall–Kier alpha value is -1.47. The van der Waals surface area contributed by atoms with Crippen molar-refractivity contribution in [3.8, 4) is 0 Å². The molecule has 0 unspecified atom stereocenters. The Morgan fingerprint density at radius 2 is 1.61 bits per heavy atom. The molecule has 0 atom stereocenters. The first-order valence-electron chi connectivity index (χ1n) is 7.94. The van der Waals surface area contributed by atoms with Gasteiger partial charge in [-0.15, -0.1) is 0 Å². The molecule has 1 saturated heterocycles. The number of sulfonamides is 1. The van der Waals surface area contributed by atoms with E-state index in [9.17, 15) is 17.6 Å². The fourth-order valence-electron chi connectivity index (χ4n) is 2.80. The lowest BCUT2D eigenvalue weighted by molar-refractivity contribution is -0.136. The van der Waals surface area contributed by atoms with E-state index < -0.39 is 15.8 Å². The van der Waals surface area contributed by atoms with Crippen molar-refractivity contribution in [2.45, 2.75) is 31.6 Å². The predicted molar refractivity (Wildman–Crippen MR) is 85.8 cm³/mol. The van der Waals surface area contributed by atoms with Crippen LogP contribution in [0.3, 0.4) is 0 Å². The summed E-state index contributed by atoms with van der Waals surface area (Å²) in [7, 11) is -3.63. The molecule has 0 spiro atoms. The summed E-state index contributed by atoms with van der Waals surface area (Å²) >= 11 is 0. The summed E-state index contributed by atoms with van der Waals surface area (Å²) in [5.41, 5.74) is 0. The van der Waals surface area contributed by atoms with Gasteiger partial charge in [0, 0.05) is 32.1 Å². The van der Waals surface area contributed by atoms with Crippen LogP contribution < -0.4 is 0 Å². The number of hydrogen-bond acceptors (Lipinski definition) is 3. The van der Waals surface area contributed by atoms with E-state index in [-0.39, 0.29) is 29.8 Å². The van der Waals surface area contributed by atoms with Crippen LogP contribution in [0.15, 0.2) is 29.2 Å². The summed E-state index contributed by atoms with van der Waals surface area (Å²) in [6.07, 6.45) is 1.59. The van der Waals surface area contributed by atoms with E-state index in [0.29, 0.717) is 13.1 Å². The van der Waals surface area contributed by atoms with Crippen molar-refractivity contribution in [1.29, 1.82) is 0 Å². The number of nitrogens with zero attached hydrogens (tertiary/aromatic N) is 2. The second kappa shape index (κ2) is 7.40. The maximum atomic E-state index is 12.9. The molecule has 1 fully saturated rings. The highest BCUT2D eigenvalue weighted by molar-refractivity contribution is 7.89. The number of amides is 1. The molecular weight excluding hydrogens is 319 g/mol. The van der Waals surface area contributed by atoms with Gasteiger partial charge in [0.05, 0.1) is 4.90 Å². The maximum absolute atomic E-state index is 12.9. The first-order chi connectivity index (χ1) is 10.9. The number of rotatable bonds is 5. The number of piperazine rings is 1. The van der Waals surface area contributed by atoms with E-state index in [1.165, 1.54) is 16.4 Å². The van der Waals surface area contributed by atoms with Crippen LogP contribution in [0, 0.1) is 11.7 Å². The second-order valence-corrected chi connectivity index (χ2v) is 7.63. The topological polar surface area (TPSA) is 57.7 Å². The molecule has 23 heavy (non-hydrogen) atoms. The average molecular weight is 342 g/mol. The zero-order valence-electron chi connectivity index (χ0n) is 13.5. The zero-order chi connectivity index (χ0) is 17.0. The normalized spacial score (nSPS) is 16.8. The molecule has 2 rings (SSSR count). The van der Waals surface area contributed by atoms with Gasteiger partial charge in [-0.3, -0.25) is 4.79 Å². The fraction of sp³-hybridized carbons (Fsp3) is 0.562. The van der Waals surface area contributed by atoms with Crippen molar-refractivity contribution in [3.63, 3.8) is 0 Å². The van der Waals surface area contributed by atoms with Gasteiger partial charge in [0.1, 0.15) is 5.82 Å². The Morgan fingerprint density at radius 1 is 1.09 bits per heavy atom. The lowest BCUT2D eigenvalue weighted by Gasteiger charge is -2.35. The van der Waals surface area contributed by atoms with Crippen LogP contribution >= 0.6 is 0 Å². The van der Waals surface area contributed by atoms with Crippen LogP contribution in [0.4, 0.5) is 4.39 Å². The van der Waals surface area contributed by atoms with Gasteiger partial charge in [-0.1, -0.05) is 13.8 Å². The van der Waals surface area contributed by atoms with Crippen molar-refractivity contribution >= 4 is 15.9 Å². The predicted octanol–water partition coefficient (Wildman–Crippen LogP) is 2.09. The van der Waals surface area contributed by atoms with E-state index in [4.69, 9.17) is 0 Å². The second-order valence-electron chi connectivity index (χ2n) is 5.70. The molecule has 128 valence electrons. The molecule has 0 radical (unpaired) electrons. The van der Waals surface area contributed by atoms with Crippen LogP contribution in [-0.4, -0.2) is 49.7 Å². The van der Waals surface area contributed by atoms with Gasteiger partial charge in [0.2, 0.25) is 15.9 Å². The van der Waals surface area contributed by atoms with Gasteiger partial charge in [0.25, 0.3) is 0 Å². The molecule has 0 aliphatic carbocycles. The molecule has 7 heteroatoms. The summed E-state index contributed by atoms with van der Waals surface area (Å²) in [5.74, 6) is -0.353. The van der Waals surface area contributed by atoms with E-state index >= 15 is 0 Å². The van der Waals surface area contributed by atoms with E-state index in [2.05, 4.69) is 0 Å². The summed E-state index contributed by atoms with van der Waals surface area (Å²) in [6, 6.07) is 4.82. The van der Waals surface area contributed by atoms with Crippen LogP contribution in [0.25, 0.3) is 0 Å².